The minimum absolute atomic E-state index is 0.735. The molecule has 116 valence electrons. The monoisotopic (exact) mass is 288 g/mol. The molecule has 1 aromatic rings. The fourth-order valence-electron chi connectivity index (χ4n) is 3.72. The minimum Gasteiger partial charge on any atom is -0.371 e. The van der Waals surface area contributed by atoms with E-state index in [1.54, 1.807) is 0 Å². The summed E-state index contributed by atoms with van der Waals surface area (Å²) in [5.41, 5.74) is 1.33. The number of rotatable bonds is 3. The Morgan fingerprint density at radius 2 is 1.62 bits per heavy atom. The SMILES string of the molecule is C[C@H](C1CCN(c2ccncc2)CC1)N1CCN(C)CC1. The molecule has 0 amide bonds. The molecule has 0 saturated carbocycles. The quantitative estimate of drug-likeness (QED) is 0.847. The van der Waals surface area contributed by atoms with Gasteiger partial charge in [0.25, 0.3) is 0 Å². The predicted octanol–water partition coefficient (Wildman–Crippen LogP) is 1.93. The molecular weight excluding hydrogens is 260 g/mol. The zero-order valence-electron chi connectivity index (χ0n) is 13.4. The van der Waals surface area contributed by atoms with E-state index in [1.165, 1.54) is 57.8 Å². The van der Waals surface area contributed by atoms with Crippen LogP contribution in [-0.2, 0) is 0 Å². The lowest BCUT2D eigenvalue weighted by molar-refractivity contribution is 0.0814. The molecule has 0 spiro atoms. The van der Waals surface area contributed by atoms with Crippen LogP contribution in [0.5, 0.6) is 0 Å². The predicted molar refractivity (Wildman–Crippen MR) is 87.7 cm³/mol. The lowest BCUT2D eigenvalue weighted by Crippen LogP contribution is -2.51. The number of piperazine rings is 1. The van der Waals surface area contributed by atoms with Crippen LogP contribution in [0.15, 0.2) is 24.5 Å². The normalized spacial score (nSPS) is 24.2. The van der Waals surface area contributed by atoms with E-state index in [9.17, 15) is 0 Å². The third-order valence-corrected chi connectivity index (χ3v) is 5.36. The van der Waals surface area contributed by atoms with Gasteiger partial charge in [0.1, 0.15) is 0 Å². The number of hydrogen-bond acceptors (Lipinski definition) is 4. The van der Waals surface area contributed by atoms with Crippen LogP contribution < -0.4 is 4.90 Å². The molecular formula is C17H28N4. The first-order valence-electron chi connectivity index (χ1n) is 8.31. The molecule has 0 aromatic carbocycles. The maximum Gasteiger partial charge on any atom is 0.0397 e. The molecule has 4 nitrogen and oxygen atoms in total. The highest BCUT2D eigenvalue weighted by atomic mass is 15.3. The molecule has 3 rings (SSSR count). The van der Waals surface area contributed by atoms with Gasteiger partial charge in [-0.2, -0.15) is 0 Å². The van der Waals surface area contributed by atoms with Crippen LogP contribution in [0, 0.1) is 5.92 Å². The molecule has 0 unspecified atom stereocenters. The summed E-state index contributed by atoms with van der Waals surface area (Å²) < 4.78 is 0. The Kier molecular flexibility index (Phi) is 4.76. The average Bonchev–Trinajstić information content (AvgIpc) is 2.56. The molecule has 1 atom stereocenters. The summed E-state index contributed by atoms with van der Waals surface area (Å²) in [7, 11) is 2.23. The third-order valence-electron chi connectivity index (χ3n) is 5.36. The summed E-state index contributed by atoms with van der Waals surface area (Å²) in [6.07, 6.45) is 6.42. The Labute approximate surface area is 128 Å². The van der Waals surface area contributed by atoms with Crippen molar-refractivity contribution < 1.29 is 0 Å². The van der Waals surface area contributed by atoms with Crippen LogP contribution in [0.2, 0.25) is 0 Å². The van der Waals surface area contributed by atoms with Crippen molar-refractivity contribution in [2.45, 2.75) is 25.8 Å². The molecule has 4 heteroatoms. The molecule has 0 N–H and O–H groups in total. The average molecular weight is 288 g/mol. The van der Waals surface area contributed by atoms with E-state index >= 15 is 0 Å². The van der Waals surface area contributed by atoms with Crippen LogP contribution in [0.3, 0.4) is 0 Å². The molecule has 3 heterocycles. The molecule has 2 fully saturated rings. The highest BCUT2D eigenvalue weighted by molar-refractivity contribution is 5.44. The van der Waals surface area contributed by atoms with Crippen molar-refractivity contribution in [1.82, 2.24) is 14.8 Å². The molecule has 1 aromatic heterocycles. The van der Waals surface area contributed by atoms with Crippen molar-refractivity contribution in [1.29, 1.82) is 0 Å². The maximum absolute atomic E-state index is 4.11. The molecule has 2 aliphatic heterocycles. The van der Waals surface area contributed by atoms with Crippen LogP contribution >= 0.6 is 0 Å². The van der Waals surface area contributed by atoms with E-state index in [2.05, 4.69) is 45.8 Å². The van der Waals surface area contributed by atoms with Gasteiger partial charge in [0, 0.05) is 63.4 Å². The Balaban J connectivity index is 1.51. The second kappa shape index (κ2) is 6.75. The number of hydrogen-bond donors (Lipinski definition) is 0. The molecule has 0 bridgehead atoms. The van der Waals surface area contributed by atoms with E-state index < -0.39 is 0 Å². The Hall–Kier alpha value is -1.13. The van der Waals surface area contributed by atoms with Crippen molar-refractivity contribution in [2.75, 3.05) is 51.2 Å². The van der Waals surface area contributed by atoms with Gasteiger partial charge in [-0.1, -0.05) is 0 Å². The summed E-state index contributed by atoms with van der Waals surface area (Å²) in [5.74, 6) is 0.853. The van der Waals surface area contributed by atoms with Gasteiger partial charge < -0.3 is 9.80 Å². The standard InChI is InChI=1S/C17H28N4/c1-15(20-13-11-19(2)12-14-20)16-5-9-21(10-6-16)17-3-7-18-8-4-17/h3-4,7-8,15-16H,5-6,9-14H2,1-2H3/t15-/m1/s1. The highest BCUT2D eigenvalue weighted by Crippen LogP contribution is 2.27. The van der Waals surface area contributed by atoms with Gasteiger partial charge in [0.05, 0.1) is 0 Å². The van der Waals surface area contributed by atoms with Crippen molar-refractivity contribution >= 4 is 5.69 Å². The summed E-state index contributed by atoms with van der Waals surface area (Å²) in [5, 5.41) is 0. The van der Waals surface area contributed by atoms with E-state index in [-0.39, 0.29) is 0 Å². The first-order valence-corrected chi connectivity index (χ1v) is 8.31. The Morgan fingerprint density at radius 1 is 1.00 bits per heavy atom. The molecule has 2 saturated heterocycles. The second-order valence-electron chi connectivity index (χ2n) is 6.61. The van der Waals surface area contributed by atoms with Crippen LogP contribution in [0.25, 0.3) is 0 Å². The van der Waals surface area contributed by atoms with Crippen molar-refractivity contribution in [3.8, 4) is 0 Å². The molecule has 21 heavy (non-hydrogen) atoms. The Bertz CT molecular complexity index is 420. The van der Waals surface area contributed by atoms with Crippen molar-refractivity contribution in [3.63, 3.8) is 0 Å². The number of nitrogens with zero attached hydrogens (tertiary/aromatic N) is 4. The van der Waals surface area contributed by atoms with Crippen LogP contribution in [0.1, 0.15) is 19.8 Å². The zero-order valence-corrected chi connectivity index (χ0v) is 13.4. The summed E-state index contributed by atoms with van der Waals surface area (Å²) in [6, 6.07) is 4.99. The topological polar surface area (TPSA) is 22.6 Å². The summed E-state index contributed by atoms with van der Waals surface area (Å²) >= 11 is 0. The first-order chi connectivity index (χ1) is 10.2. The minimum atomic E-state index is 0.735. The van der Waals surface area contributed by atoms with Crippen LogP contribution in [0.4, 0.5) is 5.69 Å². The smallest absolute Gasteiger partial charge is 0.0397 e. The number of likely N-dealkylation sites (N-methyl/N-ethyl adjacent to an activating group) is 1. The third kappa shape index (κ3) is 3.55. The van der Waals surface area contributed by atoms with Gasteiger partial charge in [0.2, 0.25) is 0 Å². The highest BCUT2D eigenvalue weighted by Gasteiger charge is 2.29. The fourth-order valence-corrected chi connectivity index (χ4v) is 3.72. The van der Waals surface area contributed by atoms with Gasteiger partial charge in [-0.05, 0) is 44.9 Å². The lowest BCUT2D eigenvalue weighted by Gasteiger charge is -2.43. The molecule has 0 radical (unpaired) electrons. The maximum atomic E-state index is 4.11. The van der Waals surface area contributed by atoms with Gasteiger partial charge in [-0.3, -0.25) is 9.88 Å². The lowest BCUT2D eigenvalue weighted by atomic mass is 9.89. The van der Waals surface area contributed by atoms with Gasteiger partial charge in [-0.15, -0.1) is 0 Å². The summed E-state index contributed by atoms with van der Waals surface area (Å²) in [4.78, 5) is 11.8. The molecule has 0 aliphatic carbocycles. The van der Waals surface area contributed by atoms with E-state index in [0.29, 0.717) is 0 Å². The molecule has 2 aliphatic rings. The first kappa shape index (κ1) is 14.8. The van der Waals surface area contributed by atoms with Crippen LogP contribution in [-0.4, -0.2) is 67.1 Å². The van der Waals surface area contributed by atoms with Crippen molar-refractivity contribution in [2.24, 2.45) is 5.92 Å². The van der Waals surface area contributed by atoms with E-state index in [4.69, 9.17) is 0 Å². The number of pyridine rings is 1. The fraction of sp³-hybridized carbons (Fsp3) is 0.706. The largest absolute Gasteiger partial charge is 0.371 e. The van der Waals surface area contributed by atoms with E-state index in [0.717, 1.165) is 12.0 Å². The van der Waals surface area contributed by atoms with Crippen molar-refractivity contribution in [3.05, 3.63) is 24.5 Å². The van der Waals surface area contributed by atoms with Gasteiger partial charge in [-0.25, -0.2) is 0 Å². The van der Waals surface area contributed by atoms with Gasteiger partial charge in [0.15, 0.2) is 0 Å². The number of aromatic nitrogens is 1. The second-order valence-corrected chi connectivity index (χ2v) is 6.61. The zero-order chi connectivity index (χ0) is 14.7. The Morgan fingerprint density at radius 3 is 2.24 bits per heavy atom. The number of anilines is 1. The summed E-state index contributed by atoms with van der Waals surface area (Å²) in [6.45, 7) is 9.74. The number of piperidine rings is 1. The van der Waals surface area contributed by atoms with Gasteiger partial charge >= 0.3 is 0 Å². The van der Waals surface area contributed by atoms with E-state index in [1.807, 2.05) is 12.4 Å².